The molecule has 0 aliphatic heterocycles. The van der Waals surface area contributed by atoms with Crippen molar-refractivity contribution in [2.75, 3.05) is 0 Å². The van der Waals surface area contributed by atoms with E-state index in [1.54, 1.807) is 12.1 Å². The van der Waals surface area contributed by atoms with Gasteiger partial charge in [-0.1, -0.05) is 42.5 Å². The summed E-state index contributed by atoms with van der Waals surface area (Å²) >= 11 is 0.943. The molecule has 2 aromatic heterocycles. The molecule has 0 radical (unpaired) electrons. The largest absolute Gasteiger partial charge is 0.457 e. The minimum absolute atomic E-state index is 0.0482. The van der Waals surface area contributed by atoms with Crippen molar-refractivity contribution in [2.45, 2.75) is 19.3 Å². The minimum Gasteiger partial charge on any atom is -0.457 e. The molecule has 0 amide bonds. The molecule has 10 heteroatoms. The standard InChI is InChI=1S/C23H17F3N2O4S/c1-27-20-17(11-18(33-20)21(30)32-13-14-6-3-2-4-7-14)19(29)28(22(27)31)12-15-8-5-9-16(10-15)23(24,25)26/h2-11H,12-13H2,1H3. The van der Waals surface area contributed by atoms with Crippen LogP contribution in [0.5, 0.6) is 0 Å². The van der Waals surface area contributed by atoms with Crippen molar-refractivity contribution < 1.29 is 22.7 Å². The van der Waals surface area contributed by atoms with E-state index in [0.29, 0.717) is 0 Å². The summed E-state index contributed by atoms with van der Waals surface area (Å²) in [7, 11) is 1.43. The Morgan fingerprint density at radius 1 is 1.00 bits per heavy atom. The molecule has 0 bridgehead atoms. The molecule has 0 unspecified atom stereocenters. The van der Waals surface area contributed by atoms with Crippen LogP contribution in [0, 0.1) is 0 Å². The van der Waals surface area contributed by atoms with E-state index in [1.165, 1.54) is 29.8 Å². The van der Waals surface area contributed by atoms with E-state index >= 15 is 0 Å². The number of aryl methyl sites for hydroxylation is 1. The van der Waals surface area contributed by atoms with Crippen LogP contribution in [-0.4, -0.2) is 15.1 Å². The Balaban J connectivity index is 1.67. The van der Waals surface area contributed by atoms with E-state index in [-0.39, 0.29) is 33.8 Å². The highest BCUT2D eigenvalue weighted by Gasteiger charge is 2.30. The number of ether oxygens (including phenoxy) is 1. The van der Waals surface area contributed by atoms with Crippen LogP contribution in [0.4, 0.5) is 13.2 Å². The summed E-state index contributed by atoms with van der Waals surface area (Å²) in [6.07, 6.45) is -4.54. The summed E-state index contributed by atoms with van der Waals surface area (Å²) in [5, 5.41) is 0.112. The molecular weight excluding hydrogens is 457 g/mol. The number of hydrogen-bond acceptors (Lipinski definition) is 5. The Morgan fingerprint density at radius 2 is 1.70 bits per heavy atom. The van der Waals surface area contributed by atoms with E-state index in [2.05, 4.69) is 0 Å². The smallest absolute Gasteiger partial charge is 0.416 e. The maximum absolute atomic E-state index is 13.0. The number of alkyl halides is 3. The van der Waals surface area contributed by atoms with Crippen LogP contribution in [0.2, 0.25) is 0 Å². The van der Waals surface area contributed by atoms with Gasteiger partial charge in [-0.15, -0.1) is 11.3 Å². The van der Waals surface area contributed by atoms with E-state index in [1.807, 2.05) is 18.2 Å². The van der Waals surface area contributed by atoms with Crippen molar-refractivity contribution in [3.63, 3.8) is 0 Å². The zero-order valence-corrected chi connectivity index (χ0v) is 18.1. The van der Waals surface area contributed by atoms with Crippen molar-refractivity contribution in [2.24, 2.45) is 7.05 Å². The summed E-state index contributed by atoms with van der Waals surface area (Å²) < 4.78 is 46.4. The Bertz CT molecular complexity index is 1450. The van der Waals surface area contributed by atoms with Crippen LogP contribution in [0.25, 0.3) is 10.2 Å². The third-order valence-electron chi connectivity index (χ3n) is 5.02. The predicted octanol–water partition coefficient (Wildman–Crippen LogP) is 4.19. The number of carbonyl (C=O) groups excluding carboxylic acids is 1. The molecule has 0 saturated heterocycles. The third kappa shape index (κ3) is 4.61. The highest BCUT2D eigenvalue weighted by molar-refractivity contribution is 7.20. The molecule has 6 nitrogen and oxygen atoms in total. The summed E-state index contributed by atoms with van der Waals surface area (Å²) in [5.41, 5.74) is -1.31. The number of rotatable bonds is 5. The second-order valence-electron chi connectivity index (χ2n) is 7.32. The predicted molar refractivity (Wildman–Crippen MR) is 117 cm³/mol. The van der Waals surface area contributed by atoms with Crippen LogP contribution >= 0.6 is 11.3 Å². The molecule has 0 fully saturated rings. The number of carbonyl (C=O) groups is 1. The maximum atomic E-state index is 13.0. The Hall–Kier alpha value is -3.66. The number of benzene rings is 2. The van der Waals surface area contributed by atoms with Gasteiger partial charge in [-0.3, -0.25) is 13.9 Å². The summed E-state index contributed by atoms with van der Waals surface area (Å²) in [6, 6.07) is 14.8. The van der Waals surface area contributed by atoms with Gasteiger partial charge < -0.3 is 4.74 Å². The van der Waals surface area contributed by atoms with Gasteiger partial charge in [0.1, 0.15) is 16.3 Å². The van der Waals surface area contributed by atoms with Gasteiger partial charge in [0, 0.05) is 7.05 Å². The van der Waals surface area contributed by atoms with Crippen molar-refractivity contribution in [3.8, 4) is 0 Å². The Morgan fingerprint density at radius 3 is 2.39 bits per heavy atom. The van der Waals surface area contributed by atoms with Crippen LogP contribution in [0.15, 0.2) is 70.3 Å². The topological polar surface area (TPSA) is 70.3 Å². The number of fused-ring (bicyclic) bond motifs is 1. The fourth-order valence-electron chi connectivity index (χ4n) is 3.35. The van der Waals surface area contributed by atoms with Crippen molar-refractivity contribution in [1.29, 1.82) is 0 Å². The van der Waals surface area contributed by atoms with Gasteiger partial charge in [-0.05, 0) is 29.3 Å². The molecule has 0 N–H and O–H groups in total. The maximum Gasteiger partial charge on any atom is 0.416 e. The first-order chi connectivity index (χ1) is 15.6. The highest BCUT2D eigenvalue weighted by atomic mass is 32.1. The zero-order chi connectivity index (χ0) is 23.8. The molecule has 33 heavy (non-hydrogen) atoms. The van der Waals surface area contributed by atoms with Crippen LogP contribution in [0.3, 0.4) is 0 Å². The minimum atomic E-state index is -4.54. The van der Waals surface area contributed by atoms with Gasteiger partial charge in [-0.25, -0.2) is 9.59 Å². The van der Waals surface area contributed by atoms with Crippen LogP contribution in [-0.2, 0) is 31.1 Å². The fourth-order valence-corrected chi connectivity index (χ4v) is 4.35. The lowest BCUT2D eigenvalue weighted by molar-refractivity contribution is -0.137. The van der Waals surface area contributed by atoms with Gasteiger partial charge in [0.2, 0.25) is 0 Å². The second-order valence-corrected chi connectivity index (χ2v) is 8.35. The lowest BCUT2D eigenvalue weighted by Crippen LogP contribution is -2.38. The molecule has 0 saturated carbocycles. The molecule has 0 atom stereocenters. The molecule has 0 aliphatic carbocycles. The van der Waals surface area contributed by atoms with Gasteiger partial charge in [0.25, 0.3) is 5.56 Å². The first-order valence-corrected chi connectivity index (χ1v) is 10.6. The normalized spacial score (nSPS) is 11.6. The van der Waals surface area contributed by atoms with Crippen LogP contribution < -0.4 is 11.2 Å². The van der Waals surface area contributed by atoms with E-state index in [0.717, 1.165) is 33.6 Å². The van der Waals surface area contributed by atoms with Gasteiger partial charge in [0.15, 0.2) is 0 Å². The molecular formula is C23H17F3N2O4S. The number of hydrogen-bond donors (Lipinski definition) is 0. The first-order valence-electron chi connectivity index (χ1n) is 9.75. The summed E-state index contributed by atoms with van der Waals surface area (Å²) in [5.74, 6) is -0.642. The average Bonchev–Trinajstić information content (AvgIpc) is 3.25. The third-order valence-corrected chi connectivity index (χ3v) is 6.21. The first kappa shape index (κ1) is 22.5. The molecule has 2 heterocycles. The van der Waals surface area contributed by atoms with Crippen molar-refractivity contribution >= 4 is 27.5 Å². The molecule has 2 aromatic carbocycles. The number of thiophene rings is 1. The number of esters is 1. The van der Waals surface area contributed by atoms with Gasteiger partial charge in [-0.2, -0.15) is 13.2 Å². The SMILES string of the molecule is Cn1c(=O)n(Cc2cccc(C(F)(F)F)c2)c(=O)c2cc(C(=O)OCc3ccccc3)sc21. The lowest BCUT2D eigenvalue weighted by Gasteiger charge is -2.11. The second kappa shape index (κ2) is 8.70. The van der Waals surface area contributed by atoms with Crippen LogP contribution in [0.1, 0.15) is 26.4 Å². The number of aromatic nitrogens is 2. The quantitative estimate of drug-likeness (QED) is 0.407. The van der Waals surface area contributed by atoms with Crippen molar-refractivity contribution in [1.82, 2.24) is 9.13 Å². The van der Waals surface area contributed by atoms with Gasteiger partial charge >= 0.3 is 17.8 Å². The number of halogens is 3. The average molecular weight is 474 g/mol. The fraction of sp³-hybridized carbons (Fsp3) is 0.174. The van der Waals surface area contributed by atoms with Gasteiger partial charge in [0.05, 0.1) is 17.5 Å². The van der Waals surface area contributed by atoms with E-state index in [9.17, 15) is 27.6 Å². The monoisotopic (exact) mass is 474 g/mol. The van der Waals surface area contributed by atoms with E-state index in [4.69, 9.17) is 4.74 Å². The van der Waals surface area contributed by atoms with Crippen molar-refractivity contribution in [3.05, 3.63) is 103 Å². The zero-order valence-electron chi connectivity index (χ0n) is 17.3. The molecule has 4 rings (SSSR count). The Labute approximate surface area is 189 Å². The lowest BCUT2D eigenvalue weighted by atomic mass is 10.1. The number of nitrogens with zero attached hydrogens (tertiary/aromatic N) is 2. The summed E-state index contributed by atoms with van der Waals surface area (Å²) in [4.78, 5) is 38.7. The molecule has 0 spiro atoms. The van der Waals surface area contributed by atoms with E-state index < -0.39 is 29.0 Å². The molecule has 170 valence electrons. The molecule has 0 aliphatic rings. The summed E-state index contributed by atoms with van der Waals surface area (Å²) in [6.45, 7) is -0.290. The Kier molecular flexibility index (Phi) is 5.94. The highest BCUT2D eigenvalue weighted by Crippen LogP contribution is 2.29. The molecule has 4 aromatic rings.